The lowest BCUT2D eigenvalue weighted by molar-refractivity contribution is 0.0600. The average molecular weight is 469 g/mol. The molecule has 0 spiro atoms. The van der Waals surface area contributed by atoms with Gasteiger partial charge in [-0.05, 0) is 36.8 Å². The van der Waals surface area contributed by atoms with Crippen LogP contribution >= 0.6 is 11.6 Å². The van der Waals surface area contributed by atoms with Crippen LogP contribution in [-0.2, 0) is 11.2 Å². The molecule has 2 aromatic carbocycles. The number of ketones is 1. The third kappa shape index (κ3) is 4.41. The number of Topliss-reactive ketones (excluding diaryl/α,β-unsaturated/α-hetero) is 1. The topological polar surface area (TPSA) is 108 Å². The Hall–Kier alpha value is -3.45. The van der Waals surface area contributed by atoms with Crippen molar-refractivity contribution in [1.82, 2.24) is 4.57 Å². The number of amides is 1. The number of benzene rings is 2. The van der Waals surface area contributed by atoms with E-state index in [9.17, 15) is 19.2 Å². The third-order valence-corrected chi connectivity index (χ3v) is 5.74. The smallest absolute Gasteiger partial charge is 0.337 e. The summed E-state index contributed by atoms with van der Waals surface area (Å²) in [5, 5.41) is 0.632. The number of nitrogens with two attached hydrogens (primary N) is 1. The van der Waals surface area contributed by atoms with E-state index in [1.165, 1.54) is 35.9 Å². The van der Waals surface area contributed by atoms with E-state index in [4.69, 9.17) is 22.1 Å². The highest BCUT2D eigenvalue weighted by Gasteiger charge is 2.28. The maximum atomic E-state index is 13.7. The first-order valence-corrected chi connectivity index (χ1v) is 10.9. The molecule has 1 amide bonds. The minimum atomic E-state index is -0.647. The van der Waals surface area contributed by atoms with Crippen molar-refractivity contribution in [2.75, 3.05) is 7.11 Å². The molecule has 0 atom stereocenters. The van der Waals surface area contributed by atoms with Gasteiger partial charge in [0.25, 0.3) is 5.91 Å². The van der Waals surface area contributed by atoms with Crippen LogP contribution in [0, 0.1) is 5.92 Å². The van der Waals surface area contributed by atoms with Gasteiger partial charge in [-0.25, -0.2) is 4.79 Å². The Balaban J connectivity index is 2.34. The molecule has 0 aliphatic carbocycles. The summed E-state index contributed by atoms with van der Waals surface area (Å²) in [5.74, 6) is -2.10. The summed E-state index contributed by atoms with van der Waals surface area (Å²) in [5.41, 5.74) is 7.44. The van der Waals surface area contributed by atoms with Gasteiger partial charge in [-0.15, -0.1) is 0 Å². The van der Waals surface area contributed by atoms with Crippen LogP contribution in [0.4, 0.5) is 0 Å². The first-order chi connectivity index (χ1) is 15.6. The molecule has 0 radical (unpaired) electrons. The van der Waals surface area contributed by atoms with Gasteiger partial charge < -0.3 is 10.5 Å². The molecule has 7 nitrogen and oxygen atoms in total. The average Bonchev–Trinajstić information content (AvgIpc) is 3.10. The number of esters is 1. The second-order valence-electron chi connectivity index (χ2n) is 8.01. The van der Waals surface area contributed by atoms with Crippen LogP contribution in [0.2, 0.25) is 5.02 Å². The first kappa shape index (κ1) is 24.2. The second kappa shape index (κ2) is 9.58. The number of nitrogens with zero attached hydrogens (tertiary/aromatic N) is 1. The number of fused-ring (bicyclic) bond motifs is 1. The summed E-state index contributed by atoms with van der Waals surface area (Å²) in [4.78, 5) is 50.6. The Morgan fingerprint density at radius 3 is 2.27 bits per heavy atom. The predicted molar refractivity (Wildman–Crippen MR) is 126 cm³/mol. The van der Waals surface area contributed by atoms with Crippen molar-refractivity contribution in [3.05, 3.63) is 69.4 Å². The van der Waals surface area contributed by atoms with Crippen molar-refractivity contribution >= 4 is 46.1 Å². The molecule has 1 heterocycles. The van der Waals surface area contributed by atoms with Crippen molar-refractivity contribution in [3.63, 3.8) is 0 Å². The standard InChI is InChI=1S/C25H25ClN2O5/c1-5-6-19-21(22(29)13(2)3)17-10-7-14(23(27)30)12-20(17)28(19)24(31)16-9-8-15(11-18(16)26)25(32)33-4/h7-13H,5-6H2,1-4H3,(H2,27,30). The minimum absolute atomic E-state index is 0.0648. The lowest BCUT2D eigenvalue weighted by Crippen LogP contribution is -2.18. The Morgan fingerprint density at radius 2 is 1.73 bits per heavy atom. The fourth-order valence-electron chi connectivity index (χ4n) is 3.82. The molecule has 0 aliphatic rings. The molecule has 2 N–H and O–H groups in total. The number of rotatable bonds is 7. The van der Waals surface area contributed by atoms with E-state index in [-0.39, 0.29) is 33.4 Å². The van der Waals surface area contributed by atoms with Crippen molar-refractivity contribution in [1.29, 1.82) is 0 Å². The van der Waals surface area contributed by atoms with Gasteiger partial charge in [-0.1, -0.05) is 44.9 Å². The van der Waals surface area contributed by atoms with Crippen molar-refractivity contribution < 1.29 is 23.9 Å². The number of carbonyl (C=O) groups is 4. The van der Waals surface area contributed by atoms with Gasteiger partial charge in [-0.3, -0.25) is 19.0 Å². The number of halogens is 1. The number of hydrogen-bond donors (Lipinski definition) is 1. The zero-order valence-corrected chi connectivity index (χ0v) is 19.7. The Labute approximate surface area is 196 Å². The van der Waals surface area contributed by atoms with Crippen LogP contribution in [0.3, 0.4) is 0 Å². The zero-order valence-electron chi connectivity index (χ0n) is 18.9. The van der Waals surface area contributed by atoms with Gasteiger partial charge in [-0.2, -0.15) is 0 Å². The fraction of sp³-hybridized carbons (Fsp3) is 0.280. The Kier molecular flexibility index (Phi) is 7.03. The van der Waals surface area contributed by atoms with Gasteiger partial charge in [0, 0.05) is 28.1 Å². The van der Waals surface area contributed by atoms with Crippen molar-refractivity contribution in [2.24, 2.45) is 11.7 Å². The largest absolute Gasteiger partial charge is 0.465 e. The van der Waals surface area contributed by atoms with Gasteiger partial charge in [0.2, 0.25) is 5.91 Å². The maximum absolute atomic E-state index is 13.7. The maximum Gasteiger partial charge on any atom is 0.337 e. The predicted octanol–water partition coefficient (Wildman–Crippen LogP) is 4.66. The SMILES string of the molecule is CCCc1c(C(=O)C(C)C)c2ccc(C(N)=O)cc2n1C(=O)c1ccc(C(=O)OC)cc1Cl. The van der Waals surface area contributed by atoms with E-state index >= 15 is 0 Å². The highest BCUT2D eigenvalue weighted by Crippen LogP contribution is 2.32. The quantitative estimate of drug-likeness (QED) is 0.400. The lowest BCUT2D eigenvalue weighted by atomic mass is 9.96. The molecule has 0 unspecified atom stereocenters. The van der Waals surface area contributed by atoms with Crippen LogP contribution in [0.5, 0.6) is 0 Å². The normalized spacial score (nSPS) is 11.1. The molecular formula is C25H25ClN2O5. The number of aromatic nitrogens is 1. The highest BCUT2D eigenvalue weighted by atomic mass is 35.5. The van der Waals surface area contributed by atoms with E-state index in [0.717, 1.165) is 0 Å². The number of carbonyl (C=O) groups excluding carboxylic acids is 4. The first-order valence-electron chi connectivity index (χ1n) is 10.6. The van der Waals surface area contributed by atoms with Gasteiger partial charge in [0.05, 0.1) is 28.8 Å². The molecule has 33 heavy (non-hydrogen) atoms. The molecule has 8 heteroatoms. The van der Waals surface area contributed by atoms with E-state index in [1.54, 1.807) is 26.0 Å². The second-order valence-corrected chi connectivity index (χ2v) is 8.42. The summed E-state index contributed by atoms with van der Waals surface area (Å²) >= 11 is 6.37. The van der Waals surface area contributed by atoms with E-state index in [1.807, 2.05) is 6.92 Å². The summed E-state index contributed by atoms with van der Waals surface area (Å²) in [6, 6.07) is 8.97. The molecule has 3 aromatic rings. The van der Waals surface area contributed by atoms with Crippen LogP contribution in [-0.4, -0.2) is 35.2 Å². The van der Waals surface area contributed by atoms with Crippen molar-refractivity contribution in [2.45, 2.75) is 33.6 Å². The molecular weight excluding hydrogens is 444 g/mol. The van der Waals surface area contributed by atoms with Crippen molar-refractivity contribution in [3.8, 4) is 0 Å². The van der Waals surface area contributed by atoms with Crippen LogP contribution in [0.25, 0.3) is 10.9 Å². The van der Waals surface area contributed by atoms with Crippen LogP contribution in [0.15, 0.2) is 36.4 Å². The zero-order chi connectivity index (χ0) is 24.4. The van der Waals surface area contributed by atoms with Gasteiger partial charge >= 0.3 is 5.97 Å². The molecule has 0 saturated carbocycles. The third-order valence-electron chi connectivity index (χ3n) is 5.43. The number of ether oxygens (including phenoxy) is 1. The van der Waals surface area contributed by atoms with E-state index < -0.39 is 17.8 Å². The highest BCUT2D eigenvalue weighted by molar-refractivity contribution is 6.34. The van der Waals surface area contributed by atoms with E-state index in [2.05, 4.69) is 0 Å². The molecule has 0 saturated heterocycles. The molecule has 0 fully saturated rings. The summed E-state index contributed by atoms with van der Waals surface area (Å²) < 4.78 is 6.13. The molecule has 3 rings (SSSR count). The summed E-state index contributed by atoms with van der Waals surface area (Å²) in [6.07, 6.45) is 1.14. The summed E-state index contributed by atoms with van der Waals surface area (Å²) in [6.45, 7) is 5.54. The van der Waals surface area contributed by atoms with Gasteiger partial charge in [0.1, 0.15) is 0 Å². The number of primary amides is 1. The molecule has 0 aliphatic heterocycles. The van der Waals surface area contributed by atoms with Crippen LogP contribution < -0.4 is 5.73 Å². The lowest BCUT2D eigenvalue weighted by Gasteiger charge is -2.13. The monoisotopic (exact) mass is 468 g/mol. The fourth-order valence-corrected chi connectivity index (χ4v) is 4.08. The Morgan fingerprint density at radius 1 is 1.06 bits per heavy atom. The Bertz CT molecular complexity index is 1290. The number of hydrogen-bond acceptors (Lipinski definition) is 5. The van der Waals surface area contributed by atoms with E-state index in [0.29, 0.717) is 35.0 Å². The number of methoxy groups -OCH3 is 1. The molecule has 172 valence electrons. The minimum Gasteiger partial charge on any atom is -0.465 e. The van der Waals surface area contributed by atoms with Crippen LogP contribution in [0.1, 0.15) is 74.3 Å². The molecule has 0 bridgehead atoms. The molecule has 1 aromatic heterocycles. The van der Waals surface area contributed by atoms with Gasteiger partial charge in [0.15, 0.2) is 5.78 Å². The summed E-state index contributed by atoms with van der Waals surface area (Å²) in [7, 11) is 1.25.